The lowest BCUT2D eigenvalue weighted by atomic mass is 9.85. The lowest BCUT2D eigenvalue weighted by molar-refractivity contribution is -0.121. The Morgan fingerprint density at radius 1 is 1.06 bits per heavy atom. The molecule has 2 aliphatic carbocycles. The van der Waals surface area contributed by atoms with Crippen molar-refractivity contribution < 1.29 is 4.79 Å². The van der Waals surface area contributed by atoms with Crippen LogP contribution in [-0.2, 0) is 4.79 Å². The van der Waals surface area contributed by atoms with E-state index in [0.717, 1.165) is 25.3 Å². The molecule has 0 aromatic heterocycles. The number of carbonyl (C=O) groups is 1. The van der Waals surface area contributed by atoms with Crippen molar-refractivity contribution in [2.24, 2.45) is 17.6 Å². The minimum Gasteiger partial charge on any atom is -0.356 e. The second kappa shape index (κ2) is 7.13. The van der Waals surface area contributed by atoms with Crippen LogP contribution in [0.2, 0.25) is 0 Å². The smallest absolute Gasteiger partial charge is 0.220 e. The molecule has 2 unspecified atom stereocenters. The van der Waals surface area contributed by atoms with E-state index in [0.29, 0.717) is 18.4 Å². The highest BCUT2D eigenvalue weighted by Crippen LogP contribution is 2.28. The van der Waals surface area contributed by atoms with Crippen LogP contribution in [0.15, 0.2) is 0 Å². The maximum Gasteiger partial charge on any atom is 0.220 e. The predicted octanol–water partition coefficient (Wildman–Crippen LogP) is 2.59. The molecule has 0 aromatic rings. The Bertz CT molecular complexity index is 261. The number of rotatable bonds is 5. The Hall–Kier alpha value is -0.570. The molecule has 0 saturated heterocycles. The summed E-state index contributed by atoms with van der Waals surface area (Å²) in [6.45, 7) is 0.796. The van der Waals surface area contributed by atoms with Crippen LogP contribution in [0.5, 0.6) is 0 Å². The summed E-state index contributed by atoms with van der Waals surface area (Å²) < 4.78 is 0. The number of nitrogens with one attached hydrogen (secondary N) is 1. The Balaban J connectivity index is 1.58. The highest BCUT2D eigenvalue weighted by Gasteiger charge is 2.22. The van der Waals surface area contributed by atoms with Crippen LogP contribution in [0.3, 0.4) is 0 Å². The predicted molar refractivity (Wildman–Crippen MR) is 74.1 cm³/mol. The van der Waals surface area contributed by atoms with Gasteiger partial charge in [0.15, 0.2) is 0 Å². The van der Waals surface area contributed by atoms with E-state index in [1.165, 1.54) is 44.9 Å². The second-order valence-corrected chi connectivity index (χ2v) is 6.20. The number of nitrogens with two attached hydrogens (primary N) is 1. The summed E-state index contributed by atoms with van der Waals surface area (Å²) in [4.78, 5) is 11.8. The molecule has 0 heterocycles. The summed E-state index contributed by atoms with van der Waals surface area (Å²) in [5.74, 6) is 1.56. The Labute approximate surface area is 111 Å². The maximum absolute atomic E-state index is 11.8. The third-order valence-corrected chi connectivity index (χ3v) is 4.78. The number of carbonyl (C=O) groups excluding carboxylic acids is 1. The average molecular weight is 252 g/mol. The zero-order chi connectivity index (χ0) is 12.8. The highest BCUT2D eigenvalue weighted by molar-refractivity contribution is 5.75. The fraction of sp³-hybridized carbons (Fsp3) is 0.933. The number of hydrogen-bond acceptors (Lipinski definition) is 2. The van der Waals surface area contributed by atoms with Gasteiger partial charge in [0.05, 0.1) is 0 Å². The Morgan fingerprint density at radius 3 is 2.44 bits per heavy atom. The number of hydrogen-bond donors (Lipinski definition) is 2. The lowest BCUT2D eigenvalue weighted by Crippen LogP contribution is -2.41. The van der Waals surface area contributed by atoms with Gasteiger partial charge in [0, 0.05) is 19.0 Å². The number of amides is 1. The fourth-order valence-corrected chi connectivity index (χ4v) is 3.46. The minimum absolute atomic E-state index is 0.236. The van der Waals surface area contributed by atoms with E-state index < -0.39 is 0 Å². The second-order valence-electron chi connectivity index (χ2n) is 6.20. The van der Waals surface area contributed by atoms with Crippen LogP contribution in [0.25, 0.3) is 0 Å². The molecular weight excluding hydrogens is 224 g/mol. The molecule has 3 heteroatoms. The van der Waals surface area contributed by atoms with Gasteiger partial charge in [0.25, 0.3) is 0 Å². The quantitative estimate of drug-likeness (QED) is 0.790. The van der Waals surface area contributed by atoms with Crippen LogP contribution in [0.4, 0.5) is 0 Å². The molecule has 1 amide bonds. The van der Waals surface area contributed by atoms with Crippen molar-refractivity contribution in [3.05, 3.63) is 0 Å². The third kappa shape index (κ3) is 4.27. The first kappa shape index (κ1) is 13.9. The summed E-state index contributed by atoms with van der Waals surface area (Å²) in [5, 5.41) is 3.09. The van der Waals surface area contributed by atoms with E-state index in [4.69, 9.17) is 5.73 Å². The van der Waals surface area contributed by atoms with Gasteiger partial charge in [-0.3, -0.25) is 4.79 Å². The molecule has 0 aliphatic heterocycles. The average Bonchev–Trinajstić information content (AvgIpc) is 2.88. The summed E-state index contributed by atoms with van der Waals surface area (Å²) in [6, 6.07) is 0.300. The standard InChI is InChI=1S/C15H28N2O/c16-14-8-4-3-7-13(14)11-17-15(18)10-9-12-5-1-2-6-12/h12-14H,1-11,16H2,(H,17,18). The minimum atomic E-state index is 0.236. The fourth-order valence-electron chi connectivity index (χ4n) is 3.46. The monoisotopic (exact) mass is 252 g/mol. The molecule has 2 rings (SSSR count). The van der Waals surface area contributed by atoms with Gasteiger partial charge in [-0.15, -0.1) is 0 Å². The molecule has 2 fully saturated rings. The van der Waals surface area contributed by atoms with Gasteiger partial charge in [-0.1, -0.05) is 38.5 Å². The summed E-state index contributed by atoms with van der Waals surface area (Å²) in [7, 11) is 0. The van der Waals surface area contributed by atoms with Crippen LogP contribution >= 0.6 is 0 Å². The van der Waals surface area contributed by atoms with E-state index in [1.54, 1.807) is 0 Å². The lowest BCUT2D eigenvalue weighted by Gasteiger charge is -2.28. The van der Waals surface area contributed by atoms with E-state index >= 15 is 0 Å². The molecule has 0 aromatic carbocycles. The van der Waals surface area contributed by atoms with Gasteiger partial charge in [0.2, 0.25) is 5.91 Å². The van der Waals surface area contributed by atoms with Gasteiger partial charge in [-0.25, -0.2) is 0 Å². The van der Waals surface area contributed by atoms with E-state index in [9.17, 15) is 4.79 Å². The van der Waals surface area contributed by atoms with Crippen molar-refractivity contribution in [2.45, 2.75) is 70.3 Å². The van der Waals surface area contributed by atoms with Crippen LogP contribution < -0.4 is 11.1 Å². The van der Waals surface area contributed by atoms with Gasteiger partial charge in [-0.05, 0) is 31.1 Å². The van der Waals surface area contributed by atoms with Crippen LogP contribution in [0, 0.1) is 11.8 Å². The zero-order valence-corrected chi connectivity index (χ0v) is 11.5. The molecule has 104 valence electrons. The largest absolute Gasteiger partial charge is 0.356 e. The van der Waals surface area contributed by atoms with Crippen molar-refractivity contribution in [1.82, 2.24) is 5.32 Å². The third-order valence-electron chi connectivity index (χ3n) is 4.78. The topological polar surface area (TPSA) is 55.1 Å². The Kier molecular flexibility index (Phi) is 5.48. The molecule has 0 bridgehead atoms. The molecule has 2 aliphatic rings. The van der Waals surface area contributed by atoms with E-state index in [1.807, 2.05) is 0 Å². The molecule has 0 radical (unpaired) electrons. The summed E-state index contributed by atoms with van der Waals surface area (Å²) >= 11 is 0. The summed E-state index contributed by atoms with van der Waals surface area (Å²) in [5.41, 5.74) is 6.09. The van der Waals surface area contributed by atoms with Gasteiger partial charge < -0.3 is 11.1 Å². The highest BCUT2D eigenvalue weighted by atomic mass is 16.1. The first-order valence-corrected chi connectivity index (χ1v) is 7.78. The SMILES string of the molecule is NC1CCCCC1CNC(=O)CCC1CCCC1. The van der Waals surface area contributed by atoms with Gasteiger partial charge >= 0.3 is 0 Å². The molecule has 3 nitrogen and oxygen atoms in total. The van der Waals surface area contributed by atoms with Crippen molar-refractivity contribution in [3.63, 3.8) is 0 Å². The molecule has 18 heavy (non-hydrogen) atoms. The maximum atomic E-state index is 11.8. The zero-order valence-electron chi connectivity index (χ0n) is 11.5. The molecular formula is C15H28N2O. The van der Waals surface area contributed by atoms with Crippen LogP contribution in [-0.4, -0.2) is 18.5 Å². The van der Waals surface area contributed by atoms with Crippen molar-refractivity contribution in [3.8, 4) is 0 Å². The van der Waals surface area contributed by atoms with E-state index in [2.05, 4.69) is 5.32 Å². The molecule has 2 atom stereocenters. The van der Waals surface area contributed by atoms with Crippen molar-refractivity contribution >= 4 is 5.91 Å². The first-order valence-electron chi connectivity index (χ1n) is 7.78. The van der Waals surface area contributed by atoms with Crippen molar-refractivity contribution in [2.75, 3.05) is 6.54 Å². The van der Waals surface area contributed by atoms with Crippen molar-refractivity contribution in [1.29, 1.82) is 0 Å². The molecule has 0 spiro atoms. The van der Waals surface area contributed by atoms with Crippen LogP contribution in [0.1, 0.15) is 64.2 Å². The van der Waals surface area contributed by atoms with Gasteiger partial charge in [-0.2, -0.15) is 0 Å². The Morgan fingerprint density at radius 2 is 1.72 bits per heavy atom. The van der Waals surface area contributed by atoms with E-state index in [-0.39, 0.29) is 5.91 Å². The molecule has 3 N–H and O–H groups in total. The normalized spacial score (nSPS) is 29.4. The first-order chi connectivity index (χ1) is 8.75. The summed E-state index contributed by atoms with van der Waals surface area (Å²) in [6.07, 6.45) is 12.0. The molecule has 2 saturated carbocycles. The van der Waals surface area contributed by atoms with Gasteiger partial charge in [0.1, 0.15) is 0 Å².